The van der Waals surface area contributed by atoms with Crippen LogP contribution in [0.25, 0.3) is 10.8 Å². The summed E-state index contributed by atoms with van der Waals surface area (Å²) in [6, 6.07) is 11.8. The van der Waals surface area contributed by atoms with Crippen molar-refractivity contribution >= 4 is 17.2 Å². The molecule has 0 saturated carbocycles. The van der Waals surface area contributed by atoms with E-state index in [2.05, 4.69) is 15.1 Å². The number of aromatic nitrogens is 2. The fourth-order valence-corrected chi connectivity index (χ4v) is 4.01. The van der Waals surface area contributed by atoms with Gasteiger partial charge in [-0.1, -0.05) is 18.2 Å². The third kappa shape index (κ3) is 5.02. The number of carbonyl (C=O) groups is 1. The number of nitrogens with zero attached hydrogens (tertiary/aromatic N) is 4. The van der Waals surface area contributed by atoms with Gasteiger partial charge in [-0.05, 0) is 35.6 Å². The van der Waals surface area contributed by atoms with Crippen molar-refractivity contribution in [2.75, 3.05) is 33.3 Å². The number of benzene rings is 1. The molecular weight excluding hydrogens is 388 g/mol. The Hall–Kier alpha value is -2.71. The van der Waals surface area contributed by atoms with Crippen LogP contribution in [0.3, 0.4) is 0 Å². The quantitative estimate of drug-likeness (QED) is 0.594. The Morgan fingerprint density at radius 1 is 1.14 bits per heavy atom. The number of piperazine rings is 1. The third-order valence-corrected chi connectivity index (χ3v) is 5.93. The van der Waals surface area contributed by atoms with Gasteiger partial charge in [0.05, 0.1) is 18.5 Å². The van der Waals surface area contributed by atoms with Crippen molar-refractivity contribution in [1.29, 1.82) is 0 Å². The number of aryl methyl sites for hydroxylation is 1. The summed E-state index contributed by atoms with van der Waals surface area (Å²) in [7, 11) is 1.65. The summed E-state index contributed by atoms with van der Waals surface area (Å²) in [5.74, 6) is 2.23. The van der Waals surface area contributed by atoms with E-state index in [9.17, 15) is 4.79 Å². The smallest absolute Gasteiger partial charge is 0.257 e. The molecule has 1 aliphatic heterocycles. The van der Waals surface area contributed by atoms with Crippen LogP contribution in [-0.2, 0) is 17.8 Å². The number of rotatable bonds is 7. The minimum absolute atomic E-state index is 0.207. The molecule has 0 radical (unpaired) electrons. The molecule has 4 rings (SSSR count). The highest BCUT2D eigenvalue weighted by atomic mass is 32.1. The van der Waals surface area contributed by atoms with Gasteiger partial charge in [-0.25, -0.2) is 0 Å². The van der Waals surface area contributed by atoms with Crippen molar-refractivity contribution in [3.63, 3.8) is 0 Å². The number of hydrogen-bond acceptors (Lipinski definition) is 7. The van der Waals surface area contributed by atoms with Gasteiger partial charge in [0.25, 0.3) is 5.89 Å². The maximum Gasteiger partial charge on any atom is 0.257 e. The maximum absolute atomic E-state index is 12.5. The summed E-state index contributed by atoms with van der Waals surface area (Å²) in [5.41, 5.74) is 1.15. The van der Waals surface area contributed by atoms with Crippen molar-refractivity contribution in [3.05, 3.63) is 53.2 Å². The van der Waals surface area contributed by atoms with Crippen molar-refractivity contribution in [1.82, 2.24) is 20.0 Å². The second-order valence-electron chi connectivity index (χ2n) is 6.98. The summed E-state index contributed by atoms with van der Waals surface area (Å²) >= 11 is 1.58. The van der Waals surface area contributed by atoms with Crippen molar-refractivity contribution < 1.29 is 13.9 Å². The van der Waals surface area contributed by atoms with E-state index in [1.165, 1.54) is 0 Å². The molecule has 1 amide bonds. The topological polar surface area (TPSA) is 71.7 Å². The normalized spacial score (nSPS) is 14.9. The zero-order chi connectivity index (χ0) is 20.1. The van der Waals surface area contributed by atoms with Crippen LogP contribution in [0, 0.1) is 0 Å². The number of thiophene rings is 1. The largest absolute Gasteiger partial charge is 0.497 e. The SMILES string of the molecule is COc1ccc(CCC(=O)N2CCN(Cc3nnc(-c4cccs4)o3)CC2)cc1. The average molecular weight is 413 g/mol. The van der Waals surface area contributed by atoms with E-state index >= 15 is 0 Å². The number of methoxy groups -OCH3 is 1. The van der Waals surface area contributed by atoms with Gasteiger partial charge in [-0.3, -0.25) is 9.69 Å². The zero-order valence-electron chi connectivity index (χ0n) is 16.4. The Bertz CT molecular complexity index is 916. The number of hydrogen-bond donors (Lipinski definition) is 0. The number of ether oxygens (including phenoxy) is 1. The Balaban J connectivity index is 1.22. The fourth-order valence-electron chi connectivity index (χ4n) is 3.37. The molecule has 1 saturated heterocycles. The molecule has 3 aromatic rings. The predicted molar refractivity (Wildman–Crippen MR) is 111 cm³/mol. The third-order valence-electron chi connectivity index (χ3n) is 5.07. The van der Waals surface area contributed by atoms with E-state index in [-0.39, 0.29) is 5.91 Å². The molecule has 3 heterocycles. The zero-order valence-corrected chi connectivity index (χ0v) is 17.2. The molecule has 0 N–H and O–H groups in total. The lowest BCUT2D eigenvalue weighted by molar-refractivity contribution is -0.133. The van der Waals surface area contributed by atoms with Gasteiger partial charge >= 0.3 is 0 Å². The first-order chi connectivity index (χ1) is 14.2. The number of amides is 1. The van der Waals surface area contributed by atoms with Crippen LogP contribution in [0.5, 0.6) is 5.75 Å². The van der Waals surface area contributed by atoms with Crippen LogP contribution in [0.2, 0.25) is 0 Å². The van der Waals surface area contributed by atoms with Crippen LogP contribution >= 0.6 is 11.3 Å². The molecule has 0 spiro atoms. The van der Waals surface area contributed by atoms with E-state index in [0.29, 0.717) is 24.7 Å². The molecule has 1 aliphatic rings. The Morgan fingerprint density at radius 3 is 2.62 bits per heavy atom. The highest BCUT2D eigenvalue weighted by Crippen LogP contribution is 2.23. The molecule has 1 fully saturated rings. The van der Waals surface area contributed by atoms with Crippen LogP contribution in [0.4, 0.5) is 0 Å². The lowest BCUT2D eigenvalue weighted by Gasteiger charge is -2.34. The standard InChI is InChI=1S/C21H24N4O3S/c1-27-17-7-4-16(5-8-17)6-9-20(26)25-12-10-24(11-13-25)15-19-22-23-21(28-19)18-3-2-14-29-18/h2-5,7-8,14H,6,9-13,15H2,1H3. The Labute approximate surface area is 173 Å². The molecule has 0 unspecified atom stereocenters. The van der Waals surface area contributed by atoms with Gasteiger partial charge in [-0.15, -0.1) is 21.5 Å². The summed E-state index contributed by atoms with van der Waals surface area (Å²) in [4.78, 5) is 17.7. The van der Waals surface area contributed by atoms with Gasteiger partial charge < -0.3 is 14.1 Å². The first-order valence-corrected chi connectivity index (χ1v) is 10.6. The van der Waals surface area contributed by atoms with Crippen LogP contribution in [0.15, 0.2) is 46.2 Å². The molecule has 0 aliphatic carbocycles. The summed E-state index contributed by atoms with van der Waals surface area (Å²) < 4.78 is 10.9. The summed E-state index contributed by atoms with van der Waals surface area (Å²) in [6.45, 7) is 3.70. The summed E-state index contributed by atoms with van der Waals surface area (Å²) in [5, 5.41) is 10.3. The Kier molecular flexibility index (Phi) is 6.21. The van der Waals surface area contributed by atoms with Crippen molar-refractivity contribution in [2.24, 2.45) is 0 Å². The fraction of sp³-hybridized carbons (Fsp3) is 0.381. The minimum Gasteiger partial charge on any atom is -0.497 e. The Morgan fingerprint density at radius 2 is 1.93 bits per heavy atom. The molecule has 8 heteroatoms. The lowest BCUT2D eigenvalue weighted by Crippen LogP contribution is -2.48. The van der Waals surface area contributed by atoms with E-state index in [0.717, 1.165) is 48.8 Å². The van der Waals surface area contributed by atoms with Crippen LogP contribution in [0.1, 0.15) is 17.9 Å². The molecular formula is C21H24N4O3S. The highest BCUT2D eigenvalue weighted by Gasteiger charge is 2.22. The maximum atomic E-state index is 12.5. The van der Waals surface area contributed by atoms with Crippen LogP contribution in [-0.4, -0.2) is 59.2 Å². The average Bonchev–Trinajstić information content (AvgIpc) is 3.45. The number of carbonyl (C=O) groups excluding carboxylic acids is 1. The molecule has 152 valence electrons. The molecule has 7 nitrogen and oxygen atoms in total. The first-order valence-electron chi connectivity index (χ1n) is 9.70. The molecule has 2 aromatic heterocycles. The second kappa shape index (κ2) is 9.19. The molecule has 29 heavy (non-hydrogen) atoms. The van der Waals surface area contributed by atoms with E-state index in [1.54, 1.807) is 18.4 Å². The molecule has 0 atom stereocenters. The van der Waals surface area contributed by atoms with Gasteiger partial charge in [0.1, 0.15) is 5.75 Å². The van der Waals surface area contributed by atoms with Gasteiger partial charge in [0.15, 0.2) is 0 Å². The van der Waals surface area contributed by atoms with Gasteiger partial charge in [0, 0.05) is 32.6 Å². The monoisotopic (exact) mass is 412 g/mol. The molecule has 1 aromatic carbocycles. The van der Waals surface area contributed by atoms with Crippen molar-refractivity contribution in [3.8, 4) is 16.5 Å². The molecule has 0 bridgehead atoms. The minimum atomic E-state index is 0.207. The first kappa shape index (κ1) is 19.6. The van der Waals surface area contributed by atoms with Crippen LogP contribution < -0.4 is 4.74 Å². The lowest BCUT2D eigenvalue weighted by atomic mass is 10.1. The van der Waals surface area contributed by atoms with Gasteiger partial charge in [0.2, 0.25) is 11.8 Å². The van der Waals surface area contributed by atoms with Crippen molar-refractivity contribution in [2.45, 2.75) is 19.4 Å². The second-order valence-corrected chi connectivity index (χ2v) is 7.93. The highest BCUT2D eigenvalue weighted by molar-refractivity contribution is 7.13. The van der Waals surface area contributed by atoms with Gasteiger partial charge in [-0.2, -0.15) is 0 Å². The summed E-state index contributed by atoms with van der Waals surface area (Å²) in [6.07, 6.45) is 1.27. The van der Waals surface area contributed by atoms with E-state index in [4.69, 9.17) is 9.15 Å². The van der Waals surface area contributed by atoms with E-state index < -0.39 is 0 Å². The predicted octanol–water partition coefficient (Wildman–Crippen LogP) is 3.08. The van der Waals surface area contributed by atoms with E-state index in [1.807, 2.05) is 46.7 Å².